The Kier molecular flexibility index (Phi) is 3.71. The van der Waals surface area contributed by atoms with E-state index in [1.807, 2.05) is 0 Å². The number of esters is 1. The van der Waals surface area contributed by atoms with E-state index in [2.05, 4.69) is 4.74 Å². The fourth-order valence-electron chi connectivity index (χ4n) is 0.286. The van der Waals surface area contributed by atoms with Crippen LogP contribution in [-0.2, 0) is 9.53 Å². The molecule has 52 valence electrons. The highest BCUT2D eigenvalue weighted by Gasteiger charge is 1.91. The maximum absolute atomic E-state index is 10.3. The molecule has 0 aromatic carbocycles. The van der Waals surface area contributed by atoms with Gasteiger partial charge in [0.2, 0.25) is 0 Å². The number of carbonyl (C=O) groups is 1. The lowest BCUT2D eigenvalue weighted by atomic mass is 10.3. The van der Waals surface area contributed by atoms with Crippen LogP contribution in [0.1, 0.15) is 6.92 Å². The average molecular weight is 130 g/mol. The van der Waals surface area contributed by atoms with Gasteiger partial charge < -0.3 is 9.84 Å². The molecule has 0 heterocycles. The summed E-state index contributed by atoms with van der Waals surface area (Å²) >= 11 is 0. The molecule has 0 radical (unpaired) electrons. The van der Waals surface area contributed by atoms with Crippen LogP contribution in [0.5, 0.6) is 0 Å². The van der Waals surface area contributed by atoms with Gasteiger partial charge in [0.05, 0.1) is 13.2 Å². The van der Waals surface area contributed by atoms with Crippen molar-refractivity contribution in [1.82, 2.24) is 0 Å². The molecule has 0 aliphatic rings. The molecule has 0 aromatic rings. The number of hydrogen-bond acceptors (Lipinski definition) is 3. The predicted octanol–water partition coefficient (Wildman–Crippen LogP) is 0.0964. The third kappa shape index (κ3) is 5.03. The lowest BCUT2D eigenvalue weighted by Gasteiger charge is -1.91. The Hall–Kier alpha value is -0.830. The average Bonchev–Trinajstić information content (AvgIpc) is 1.83. The van der Waals surface area contributed by atoms with Crippen molar-refractivity contribution in [1.29, 1.82) is 0 Å². The SMILES string of the molecule is COC(=O)/C=C/[C@@H](C)O. The summed E-state index contributed by atoms with van der Waals surface area (Å²) < 4.78 is 4.26. The molecular formula is C6H10O3. The smallest absolute Gasteiger partial charge is 0.330 e. The third-order valence-electron chi connectivity index (χ3n) is 0.712. The molecule has 0 amide bonds. The van der Waals surface area contributed by atoms with Crippen molar-refractivity contribution in [3.05, 3.63) is 12.2 Å². The zero-order valence-corrected chi connectivity index (χ0v) is 5.50. The lowest BCUT2D eigenvalue weighted by Crippen LogP contribution is -1.98. The Morgan fingerprint density at radius 1 is 1.78 bits per heavy atom. The number of carbonyl (C=O) groups excluding carboxylic acids is 1. The van der Waals surface area contributed by atoms with Gasteiger partial charge in [0.1, 0.15) is 0 Å². The van der Waals surface area contributed by atoms with E-state index in [0.717, 1.165) is 0 Å². The fourth-order valence-corrected chi connectivity index (χ4v) is 0.286. The topological polar surface area (TPSA) is 46.5 Å². The third-order valence-corrected chi connectivity index (χ3v) is 0.712. The molecular weight excluding hydrogens is 120 g/mol. The van der Waals surface area contributed by atoms with Crippen LogP contribution in [0.25, 0.3) is 0 Å². The van der Waals surface area contributed by atoms with Crippen LogP contribution < -0.4 is 0 Å². The van der Waals surface area contributed by atoms with Crippen LogP contribution in [-0.4, -0.2) is 24.3 Å². The van der Waals surface area contributed by atoms with Crippen molar-refractivity contribution < 1.29 is 14.6 Å². The summed E-state index contributed by atoms with van der Waals surface area (Å²) in [4.78, 5) is 10.3. The molecule has 0 saturated carbocycles. The monoisotopic (exact) mass is 130 g/mol. The lowest BCUT2D eigenvalue weighted by molar-refractivity contribution is -0.134. The molecule has 1 atom stereocenters. The number of methoxy groups -OCH3 is 1. The Morgan fingerprint density at radius 2 is 2.33 bits per heavy atom. The van der Waals surface area contributed by atoms with Gasteiger partial charge in [-0.1, -0.05) is 0 Å². The molecule has 9 heavy (non-hydrogen) atoms. The summed E-state index contributed by atoms with van der Waals surface area (Å²) in [6.45, 7) is 1.56. The summed E-state index contributed by atoms with van der Waals surface area (Å²) in [5.41, 5.74) is 0. The second-order valence-corrected chi connectivity index (χ2v) is 1.62. The van der Waals surface area contributed by atoms with Crippen LogP contribution in [0.4, 0.5) is 0 Å². The molecule has 3 nitrogen and oxygen atoms in total. The maximum atomic E-state index is 10.3. The second kappa shape index (κ2) is 4.09. The van der Waals surface area contributed by atoms with Gasteiger partial charge in [-0.25, -0.2) is 4.79 Å². The van der Waals surface area contributed by atoms with Crippen molar-refractivity contribution in [2.45, 2.75) is 13.0 Å². The molecule has 0 bridgehead atoms. The second-order valence-electron chi connectivity index (χ2n) is 1.62. The van der Waals surface area contributed by atoms with Gasteiger partial charge in [-0.3, -0.25) is 0 Å². The first kappa shape index (κ1) is 8.17. The van der Waals surface area contributed by atoms with E-state index >= 15 is 0 Å². The minimum Gasteiger partial charge on any atom is -0.466 e. The fraction of sp³-hybridized carbons (Fsp3) is 0.500. The summed E-state index contributed by atoms with van der Waals surface area (Å²) in [5, 5.41) is 8.60. The van der Waals surface area contributed by atoms with E-state index < -0.39 is 12.1 Å². The number of aliphatic hydroxyl groups excluding tert-OH is 1. The van der Waals surface area contributed by atoms with E-state index in [1.54, 1.807) is 6.92 Å². The van der Waals surface area contributed by atoms with E-state index in [-0.39, 0.29) is 0 Å². The molecule has 0 rings (SSSR count). The number of rotatable bonds is 2. The van der Waals surface area contributed by atoms with E-state index in [1.165, 1.54) is 19.3 Å². The van der Waals surface area contributed by atoms with Crippen molar-refractivity contribution in [2.24, 2.45) is 0 Å². The highest BCUT2D eigenvalue weighted by Crippen LogP contribution is 1.83. The molecule has 0 aliphatic carbocycles. The van der Waals surface area contributed by atoms with Crippen LogP contribution in [0.3, 0.4) is 0 Å². The Labute approximate surface area is 53.9 Å². The summed E-state index contributed by atoms with van der Waals surface area (Å²) in [5.74, 6) is -0.448. The van der Waals surface area contributed by atoms with Crippen molar-refractivity contribution >= 4 is 5.97 Å². The van der Waals surface area contributed by atoms with Gasteiger partial charge in [0.25, 0.3) is 0 Å². The van der Waals surface area contributed by atoms with Gasteiger partial charge in [0, 0.05) is 6.08 Å². The molecule has 0 aliphatic heterocycles. The Balaban J connectivity index is 3.57. The molecule has 1 N–H and O–H groups in total. The molecule has 3 heteroatoms. The first-order chi connectivity index (χ1) is 4.16. The van der Waals surface area contributed by atoms with Crippen LogP contribution in [0.15, 0.2) is 12.2 Å². The zero-order chi connectivity index (χ0) is 7.28. The normalized spacial score (nSPS) is 13.7. The molecule has 0 unspecified atom stereocenters. The van der Waals surface area contributed by atoms with Crippen LogP contribution in [0.2, 0.25) is 0 Å². The molecule has 0 fully saturated rings. The van der Waals surface area contributed by atoms with Gasteiger partial charge in [-0.05, 0) is 13.0 Å². The van der Waals surface area contributed by atoms with Gasteiger partial charge in [-0.2, -0.15) is 0 Å². The number of ether oxygens (including phenoxy) is 1. The minimum atomic E-state index is -0.593. The van der Waals surface area contributed by atoms with Gasteiger partial charge in [0.15, 0.2) is 0 Å². The van der Waals surface area contributed by atoms with Crippen LogP contribution in [0, 0.1) is 0 Å². The van der Waals surface area contributed by atoms with Gasteiger partial charge >= 0.3 is 5.97 Å². The Bertz CT molecular complexity index is 115. The predicted molar refractivity (Wildman–Crippen MR) is 32.8 cm³/mol. The van der Waals surface area contributed by atoms with E-state index in [4.69, 9.17) is 5.11 Å². The first-order valence-corrected chi connectivity index (χ1v) is 2.61. The summed E-state index contributed by atoms with van der Waals surface area (Å²) in [6, 6.07) is 0. The van der Waals surface area contributed by atoms with Gasteiger partial charge in [-0.15, -0.1) is 0 Å². The number of aliphatic hydroxyl groups is 1. The Morgan fingerprint density at radius 3 is 2.67 bits per heavy atom. The number of hydrogen-bond donors (Lipinski definition) is 1. The standard InChI is InChI=1S/C6H10O3/c1-5(7)3-4-6(8)9-2/h3-5,7H,1-2H3/b4-3+/t5-/m1/s1. The van der Waals surface area contributed by atoms with E-state index in [9.17, 15) is 4.79 Å². The zero-order valence-electron chi connectivity index (χ0n) is 5.50. The summed E-state index contributed by atoms with van der Waals surface area (Å²) in [7, 11) is 1.29. The summed E-state index contributed by atoms with van der Waals surface area (Å²) in [6.07, 6.45) is 1.94. The van der Waals surface area contributed by atoms with Crippen molar-refractivity contribution in [3.63, 3.8) is 0 Å². The highest BCUT2D eigenvalue weighted by atomic mass is 16.5. The van der Waals surface area contributed by atoms with E-state index in [0.29, 0.717) is 0 Å². The maximum Gasteiger partial charge on any atom is 0.330 e. The first-order valence-electron chi connectivity index (χ1n) is 2.61. The van der Waals surface area contributed by atoms with Crippen molar-refractivity contribution in [3.8, 4) is 0 Å². The minimum absolute atomic E-state index is 0.448. The molecule has 0 saturated heterocycles. The van der Waals surface area contributed by atoms with Crippen molar-refractivity contribution in [2.75, 3.05) is 7.11 Å². The largest absolute Gasteiger partial charge is 0.466 e. The highest BCUT2D eigenvalue weighted by molar-refractivity contribution is 5.81. The van der Waals surface area contributed by atoms with Crippen LogP contribution >= 0.6 is 0 Å². The quantitative estimate of drug-likeness (QED) is 0.426. The molecule has 0 spiro atoms. The molecule has 0 aromatic heterocycles.